The van der Waals surface area contributed by atoms with Gasteiger partial charge in [0.25, 0.3) is 0 Å². The first kappa shape index (κ1) is 77.1. The minimum atomic E-state index is 0.450. The summed E-state index contributed by atoms with van der Waals surface area (Å²) in [5, 5.41) is 12.1. The predicted octanol–water partition coefficient (Wildman–Crippen LogP) is 21.2. The lowest BCUT2D eigenvalue weighted by Gasteiger charge is -2.04. The van der Waals surface area contributed by atoms with Crippen molar-refractivity contribution in [1.29, 1.82) is 0 Å². The van der Waals surface area contributed by atoms with Crippen LogP contribution in [0.5, 0.6) is 0 Å². The van der Waals surface area contributed by atoms with E-state index in [1.54, 1.807) is 76.0 Å². The van der Waals surface area contributed by atoms with Crippen LogP contribution in [0.1, 0.15) is 248 Å². The van der Waals surface area contributed by atoms with E-state index < -0.39 is 0 Å². The monoisotopic (exact) mass is 1310 g/mol. The summed E-state index contributed by atoms with van der Waals surface area (Å²) in [4.78, 5) is 54.7. The zero-order valence-corrected chi connectivity index (χ0v) is 61.6. The average molecular weight is 1320 g/mol. The first-order valence-corrected chi connectivity index (χ1v) is 36.0. The number of rotatable bonds is 11. The lowest BCUT2D eigenvalue weighted by Crippen LogP contribution is -1.97. The Bertz CT molecular complexity index is 3320. The van der Waals surface area contributed by atoms with Crippen LogP contribution < -0.4 is 0 Å². The summed E-state index contributed by atoms with van der Waals surface area (Å²) in [5.74, 6) is 6.77. The molecule has 0 unspecified atom stereocenters. The molecule has 11 heterocycles. The topological polar surface area (TPSA) is 183 Å². The predicted molar refractivity (Wildman–Crippen MR) is 386 cm³/mol. The van der Waals surface area contributed by atoms with E-state index >= 15 is 0 Å². The maximum absolute atomic E-state index is 4.48. The number of aromatic nitrogens is 14. The van der Waals surface area contributed by atoms with Gasteiger partial charge < -0.3 is 4.98 Å². The highest BCUT2D eigenvalue weighted by Crippen LogP contribution is 2.27. The second-order valence-corrected chi connectivity index (χ2v) is 29.2. The van der Waals surface area contributed by atoms with Crippen LogP contribution in [-0.2, 0) is 5.75 Å². The van der Waals surface area contributed by atoms with Crippen LogP contribution in [0.2, 0.25) is 0 Å². The van der Waals surface area contributed by atoms with Crippen molar-refractivity contribution in [3.05, 3.63) is 191 Å². The molecule has 0 atom stereocenters. The Balaban J connectivity index is 0.000000263. The highest BCUT2D eigenvalue weighted by Gasteiger charge is 2.10. The molecule has 0 aromatic carbocycles. The molecule has 0 bridgehead atoms. The first-order chi connectivity index (χ1) is 42.3. The summed E-state index contributed by atoms with van der Waals surface area (Å²) in [6.45, 7) is 44.8. The SMILES string of the molecule is CC(C)c1cccnc1.CC(C)c1ccncc1.CC(C)c1nccs1.CC(C)c1ncnc2[nH]ccc12.CC(C)c1ncnc2ccsc12.CSCc1cncc(C(C)C)n1.Cc1cnc(C(C)C)s1.Cc1csc(C(C)C)n1.Cc1nc(C(C)C)ns1. The van der Waals surface area contributed by atoms with Gasteiger partial charge in [0.2, 0.25) is 0 Å². The summed E-state index contributed by atoms with van der Waals surface area (Å²) in [5.41, 5.74) is 10.2. The highest BCUT2D eigenvalue weighted by molar-refractivity contribution is 7.97. The van der Waals surface area contributed by atoms with Crippen molar-refractivity contribution >= 4 is 89.9 Å². The minimum Gasteiger partial charge on any atom is -0.346 e. The summed E-state index contributed by atoms with van der Waals surface area (Å²) in [6, 6.07) is 12.2. The van der Waals surface area contributed by atoms with Crippen molar-refractivity contribution in [3.63, 3.8) is 0 Å². The number of nitrogens with zero attached hydrogens (tertiary/aromatic N) is 13. The highest BCUT2D eigenvalue weighted by atomic mass is 32.2. The molecule has 0 aliphatic heterocycles. The maximum Gasteiger partial charge on any atom is 0.145 e. The molecular weight excluding hydrogens is 1220 g/mol. The molecule has 11 aromatic rings. The van der Waals surface area contributed by atoms with Gasteiger partial charge in [-0.3, -0.25) is 19.9 Å². The maximum atomic E-state index is 4.48. The molecule has 14 nitrogen and oxygen atoms in total. The fraction of sp³-hybridized carbons (Fsp3) is 0.464. The van der Waals surface area contributed by atoms with Gasteiger partial charge in [0.15, 0.2) is 0 Å². The molecule has 0 saturated carbocycles. The number of thioether (sulfide) groups is 1. The van der Waals surface area contributed by atoms with Crippen LogP contribution in [0.15, 0.2) is 121 Å². The fourth-order valence-electron chi connectivity index (χ4n) is 7.30. The van der Waals surface area contributed by atoms with Crippen molar-refractivity contribution in [2.24, 2.45) is 0 Å². The molecule has 0 aliphatic carbocycles. The van der Waals surface area contributed by atoms with Gasteiger partial charge in [-0.1, -0.05) is 131 Å². The van der Waals surface area contributed by atoms with E-state index in [0.29, 0.717) is 53.3 Å². The van der Waals surface area contributed by atoms with Gasteiger partial charge in [-0.15, -0.1) is 45.3 Å². The fourth-order valence-corrected chi connectivity index (χ4v) is 11.6. The Morgan fingerprint density at radius 3 is 1.60 bits per heavy atom. The smallest absolute Gasteiger partial charge is 0.145 e. The van der Waals surface area contributed by atoms with E-state index in [4.69, 9.17) is 0 Å². The molecule has 11 aromatic heterocycles. The van der Waals surface area contributed by atoms with Gasteiger partial charge >= 0.3 is 0 Å². The van der Waals surface area contributed by atoms with E-state index in [-0.39, 0.29) is 0 Å². The second-order valence-electron chi connectivity index (χ2n) is 23.4. The summed E-state index contributed by atoms with van der Waals surface area (Å²) >= 11 is 10.2. The zero-order valence-electron chi connectivity index (χ0n) is 56.7. The molecule has 20 heteroatoms. The van der Waals surface area contributed by atoms with E-state index in [1.807, 2.05) is 99.1 Å². The first-order valence-electron chi connectivity index (χ1n) is 30.4. The Morgan fingerprint density at radius 1 is 0.494 bits per heavy atom. The van der Waals surface area contributed by atoms with Crippen molar-refractivity contribution < 1.29 is 0 Å². The van der Waals surface area contributed by atoms with Crippen LogP contribution >= 0.6 is 68.6 Å². The lowest BCUT2D eigenvalue weighted by atomic mass is 10.1. The normalized spacial score (nSPS) is 10.7. The van der Waals surface area contributed by atoms with E-state index in [0.717, 1.165) is 61.6 Å². The lowest BCUT2D eigenvalue weighted by molar-refractivity contribution is 0.795. The molecular formula is C69H98N14S6. The minimum absolute atomic E-state index is 0.450. The molecule has 0 radical (unpaired) electrons. The molecule has 480 valence electrons. The summed E-state index contributed by atoms with van der Waals surface area (Å²) < 4.78 is 5.38. The van der Waals surface area contributed by atoms with Crippen LogP contribution in [0.4, 0.5) is 0 Å². The summed E-state index contributed by atoms with van der Waals surface area (Å²) in [6.07, 6.45) is 22.0. The molecule has 0 amide bonds. The third kappa shape index (κ3) is 29.6. The van der Waals surface area contributed by atoms with Crippen LogP contribution in [0.3, 0.4) is 0 Å². The Kier molecular flexibility index (Phi) is 36.4. The van der Waals surface area contributed by atoms with Gasteiger partial charge in [0.1, 0.15) is 29.1 Å². The molecule has 0 saturated heterocycles. The third-order valence-electron chi connectivity index (χ3n) is 12.3. The van der Waals surface area contributed by atoms with Gasteiger partial charge in [0.05, 0.1) is 48.0 Å². The van der Waals surface area contributed by atoms with Gasteiger partial charge in [-0.05, 0) is 115 Å². The standard InChI is InChI=1S/C9H11N3.C9H10N2S.C9H14N2S.2C8H11N.2C7H11NS.C6H10N2S.C6H9NS/c1-6(2)8-7-3-4-10-9(7)12-5-11-8;1-6(2)8-9-7(3-4-12-9)10-5-11-8;1-7(2)9-5-10-4-8(11-9)6-12-3;1-7(2)8-3-5-9-6-4-8;1-7(2)8-4-3-5-9-6-8;1-5(2)7-8-6(3)4-9-7;1-5(2)7-8-4-6(3)9-7;1-4(2)6-7-5(3)9-8-6;1-5(2)6-7-3-4-8-6/h3-6H,1-2H3,(H,10,11,12);3-6H,1-2H3;4-5,7H,6H2,1-3H3;2*3-7H,1-2H3;2*4-5H,1-3H3;4H,1-3H3;3-5H,1-2H3. The number of H-pyrrole nitrogens is 1. The molecule has 11 rings (SSSR count). The number of aromatic amines is 1. The molecule has 1 N–H and O–H groups in total. The number of thiophene rings is 1. The Morgan fingerprint density at radius 2 is 1.16 bits per heavy atom. The second kappa shape index (κ2) is 42.0. The summed E-state index contributed by atoms with van der Waals surface area (Å²) in [7, 11) is 0. The quantitative estimate of drug-likeness (QED) is 0.129. The van der Waals surface area contributed by atoms with E-state index in [2.05, 4.69) is 224 Å². The van der Waals surface area contributed by atoms with E-state index in [9.17, 15) is 0 Å². The van der Waals surface area contributed by atoms with Gasteiger partial charge in [0, 0.05) is 112 Å². The van der Waals surface area contributed by atoms with Crippen LogP contribution in [0, 0.1) is 20.8 Å². The van der Waals surface area contributed by atoms with Crippen molar-refractivity contribution in [3.8, 4) is 0 Å². The van der Waals surface area contributed by atoms with Crippen LogP contribution in [-0.4, -0.2) is 75.4 Å². The number of nitrogens with one attached hydrogen (secondary N) is 1. The van der Waals surface area contributed by atoms with Crippen molar-refractivity contribution in [2.45, 2.75) is 204 Å². The van der Waals surface area contributed by atoms with Crippen molar-refractivity contribution in [2.75, 3.05) is 6.26 Å². The molecule has 0 spiro atoms. The van der Waals surface area contributed by atoms with E-state index in [1.165, 1.54) is 47.3 Å². The molecule has 0 aliphatic rings. The Hall–Kier alpha value is -6.16. The third-order valence-corrected chi connectivity index (χ3v) is 18.0. The molecule has 89 heavy (non-hydrogen) atoms. The Labute approximate surface area is 557 Å². The number of aryl methyl sites for hydroxylation is 3. The number of fused-ring (bicyclic) bond motifs is 2. The largest absolute Gasteiger partial charge is 0.346 e. The van der Waals surface area contributed by atoms with Gasteiger partial charge in [-0.2, -0.15) is 16.1 Å². The number of thiazole rings is 3. The molecule has 0 fully saturated rings. The van der Waals surface area contributed by atoms with Gasteiger partial charge in [-0.25, -0.2) is 39.9 Å². The average Bonchev–Trinajstić information content (AvgIpc) is 3.19. The number of hydrogen-bond donors (Lipinski definition) is 1. The number of pyridine rings is 2. The zero-order chi connectivity index (χ0) is 66.0. The van der Waals surface area contributed by atoms with Crippen LogP contribution in [0.25, 0.3) is 21.3 Å². The van der Waals surface area contributed by atoms with Crippen molar-refractivity contribution in [1.82, 2.24) is 69.2 Å². The number of hydrogen-bond acceptors (Lipinski definition) is 19.